The van der Waals surface area contributed by atoms with E-state index in [4.69, 9.17) is 4.74 Å². The number of hydrogen-bond donors (Lipinski definition) is 1. The van der Waals surface area contributed by atoms with Crippen molar-refractivity contribution in [2.75, 3.05) is 11.9 Å². The number of fused-ring (bicyclic) bond motifs is 1. The maximum Gasteiger partial charge on any atom is 0.262 e. The molecular formula is C22H22BrNO2. The number of benzene rings is 3. The lowest BCUT2D eigenvalue weighted by Crippen LogP contribution is -2.22. The van der Waals surface area contributed by atoms with E-state index in [0.29, 0.717) is 0 Å². The number of hydrogen-bond acceptors (Lipinski definition) is 2. The first-order valence-electron chi connectivity index (χ1n) is 8.55. The molecule has 0 aromatic heterocycles. The number of halogens is 1. The van der Waals surface area contributed by atoms with Crippen molar-refractivity contribution in [2.24, 2.45) is 0 Å². The van der Waals surface area contributed by atoms with E-state index in [0.717, 1.165) is 32.2 Å². The lowest BCUT2D eigenvalue weighted by atomic mass is 9.86. The summed E-state index contributed by atoms with van der Waals surface area (Å²) in [6.45, 7) is 6.33. The molecule has 3 nitrogen and oxygen atoms in total. The van der Waals surface area contributed by atoms with Crippen LogP contribution in [-0.4, -0.2) is 12.5 Å². The zero-order chi connectivity index (χ0) is 18.7. The first kappa shape index (κ1) is 18.5. The van der Waals surface area contributed by atoms with Crippen molar-refractivity contribution < 1.29 is 9.53 Å². The molecular weight excluding hydrogens is 390 g/mol. The third-order valence-electron chi connectivity index (χ3n) is 4.17. The molecule has 0 saturated heterocycles. The molecule has 3 rings (SSSR count). The highest BCUT2D eigenvalue weighted by Crippen LogP contribution is 2.33. The first-order chi connectivity index (χ1) is 12.3. The number of rotatable bonds is 4. The monoisotopic (exact) mass is 411 g/mol. The maximum atomic E-state index is 12.4. The quantitative estimate of drug-likeness (QED) is 0.578. The van der Waals surface area contributed by atoms with Crippen LogP contribution in [0.2, 0.25) is 0 Å². The van der Waals surface area contributed by atoms with E-state index in [2.05, 4.69) is 42.0 Å². The van der Waals surface area contributed by atoms with Crippen molar-refractivity contribution in [1.82, 2.24) is 0 Å². The van der Waals surface area contributed by atoms with Crippen LogP contribution in [-0.2, 0) is 10.2 Å². The van der Waals surface area contributed by atoms with Gasteiger partial charge in [-0.05, 0) is 35.1 Å². The second kappa shape index (κ2) is 7.50. The van der Waals surface area contributed by atoms with E-state index in [1.807, 2.05) is 60.7 Å². The first-order valence-corrected chi connectivity index (χ1v) is 9.34. The Morgan fingerprint density at radius 3 is 2.54 bits per heavy atom. The van der Waals surface area contributed by atoms with Crippen LogP contribution in [0.5, 0.6) is 5.75 Å². The van der Waals surface area contributed by atoms with Gasteiger partial charge in [0.25, 0.3) is 5.91 Å². The molecule has 3 aromatic rings. The molecule has 0 aliphatic carbocycles. The van der Waals surface area contributed by atoms with Crippen molar-refractivity contribution in [2.45, 2.75) is 26.2 Å². The number of nitrogens with one attached hydrogen (secondary N) is 1. The molecule has 1 N–H and O–H groups in total. The molecule has 26 heavy (non-hydrogen) atoms. The van der Waals surface area contributed by atoms with Crippen LogP contribution in [0.3, 0.4) is 0 Å². The third-order valence-corrected chi connectivity index (χ3v) is 4.67. The van der Waals surface area contributed by atoms with Gasteiger partial charge in [0.05, 0.1) is 0 Å². The summed E-state index contributed by atoms with van der Waals surface area (Å²) < 4.78 is 6.83. The Hall–Kier alpha value is -2.33. The minimum atomic E-state index is -0.177. The SMILES string of the molecule is CC(C)(C)c1cc(Br)ccc1OCC(=O)Nc1cccc2ccccc12. The van der Waals surface area contributed by atoms with Gasteiger partial charge in [-0.25, -0.2) is 0 Å². The van der Waals surface area contributed by atoms with Crippen LogP contribution in [0, 0.1) is 0 Å². The van der Waals surface area contributed by atoms with Crippen molar-refractivity contribution in [3.05, 3.63) is 70.7 Å². The molecule has 4 heteroatoms. The summed E-state index contributed by atoms with van der Waals surface area (Å²) in [5.41, 5.74) is 1.78. The van der Waals surface area contributed by atoms with E-state index in [-0.39, 0.29) is 17.9 Å². The van der Waals surface area contributed by atoms with Gasteiger partial charge in [0.2, 0.25) is 0 Å². The Labute approximate surface area is 162 Å². The van der Waals surface area contributed by atoms with Crippen molar-refractivity contribution in [3.8, 4) is 5.75 Å². The number of carbonyl (C=O) groups is 1. The zero-order valence-corrected chi connectivity index (χ0v) is 16.8. The van der Waals surface area contributed by atoms with Gasteiger partial charge < -0.3 is 10.1 Å². The standard InChI is InChI=1S/C22H22BrNO2/c1-22(2,3)18-13-16(23)11-12-20(18)26-14-21(25)24-19-10-6-8-15-7-4-5-9-17(15)19/h4-13H,14H2,1-3H3,(H,24,25). The molecule has 0 unspecified atom stereocenters. The predicted molar refractivity (Wildman–Crippen MR) is 111 cm³/mol. The summed E-state index contributed by atoms with van der Waals surface area (Å²) >= 11 is 3.50. The van der Waals surface area contributed by atoms with E-state index in [1.165, 1.54) is 0 Å². The summed E-state index contributed by atoms with van der Waals surface area (Å²) in [5, 5.41) is 5.06. The highest BCUT2D eigenvalue weighted by molar-refractivity contribution is 9.10. The van der Waals surface area contributed by atoms with Crippen molar-refractivity contribution in [1.29, 1.82) is 0 Å². The highest BCUT2D eigenvalue weighted by Gasteiger charge is 2.20. The van der Waals surface area contributed by atoms with Crippen LogP contribution >= 0.6 is 15.9 Å². The van der Waals surface area contributed by atoms with Crippen LogP contribution < -0.4 is 10.1 Å². The lowest BCUT2D eigenvalue weighted by Gasteiger charge is -2.23. The molecule has 1 amide bonds. The summed E-state index contributed by atoms with van der Waals surface area (Å²) in [6, 6.07) is 19.7. The number of carbonyl (C=O) groups excluding carboxylic acids is 1. The van der Waals surface area contributed by atoms with Gasteiger partial charge in [-0.2, -0.15) is 0 Å². The summed E-state index contributed by atoms with van der Waals surface area (Å²) in [6.07, 6.45) is 0. The molecule has 0 saturated carbocycles. The lowest BCUT2D eigenvalue weighted by molar-refractivity contribution is -0.118. The van der Waals surface area contributed by atoms with Gasteiger partial charge in [0, 0.05) is 21.1 Å². The highest BCUT2D eigenvalue weighted by atomic mass is 79.9. The van der Waals surface area contributed by atoms with Crippen molar-refractivity contribution in [3.63, 3.8) is 0 Å². The average molecular weight is 412 g/mol. The van der Waals surface area contributed by atoms with Crippen molar-refractivity contribution >= 4 is 38.3 Å². The predicted octanol–water partition coefficient (Wildman–Crippen LogP) is 5.92. The van der Waals surface area contributed by atoms with Gasteiger partial charge in [-0.3, -0.25) is 4.79 Å². The molecule has 0 spiro atoms. The van der Waals surface area contributed by atoms with E-state index >= 15 is 0 Å². The Balaban J connectivity index is 1.74. The normalized spacial score (nSPS) is 11.4. The fourth-order valence-corrected chi connectivity index (χ4v) is 3.24. The minimum Gasteiger partial charge on any atom is -0.483 e. The largest absolute Gasteiger partial charge is 0.483 e. The van der Waals surface area contributed by atoms with Gasteiger partial charge in [0.15, 0.2) is 6.61 Å². The number of amides is 1. The summed E-state index contributed by atoms with van der Waals surface area (Å²) in [4.78, 5) is 12.4. The third kappa shape index (κ3) is 4.25. The fraction of sp³-hybridized carbons (Fsp3) is 0.227. The second-order valence-electron chi connectivity index (χ2n) is 7.25. The molecule has 0 bridgehead atoms. The van der Waals surface area contributed by atoms with Gasteiger partial charge in [-0.15, -0.1) is 0 Å². The van der Waals surface area contributed by atoms with Gasteiger partial charge >= 0.3 is 0 Å². The van der Waals surface area contributed by atoms with Gasteiger partial charge in [0.1, 0.15) is 5.75 Å². The average Bonchev–Trinajstić information content (AvgIpc) is 2.60. The minimum absolute atomic E-state index is 0.0338. The molecule has 3 aromatic carbocycles. The van der Waals surface area contributed by atoms with Crippen LogP contribution in [0.25, 0.3) is 10.8 Å². The number of anilines is 1. The summed E-state index contributed by atoms with van der Waals surface area (Å²) in [7, 11) is 0. The smallest absolute Gasteiger partial charge is 0.262 e. The van der Waals surface area contributed by atoms with E-state index < -0.39 is 0 Å². The van der Waals surface area contributed by atoms with Crippen LogP contribution in [0.1, 0.15) is 26.3 Å². The van der Waals surface area contributed by atoms with Crippen LogP contribution in [0.4, 0.5) is 5.69 Å². The number of ether oxygens (including phenoxy) is 1. The second-order valence-corrected chi connectivity index (χ2v) is 8.17. The van der Waals surface area contributed by atoms with Gasteiger partial charge in [-0.1, -0.05) is 73.1 Å². The van der Waals surface area contributed by atoms with E-state index in [9.17, 15) is 4.79 Å². The molecule has 0 heterocycles. The van der Waals surface area contributed by atoms with Crippen LogP contribution in [0.15, 0.2) is 65.1 Å². The molecule has 134 valence electrons. The summed E-state index contributed by atoms with van der Waals surface area (Å²) in [5.74, 6) is 0.554. The molecule has 0 fully saturated rings. The molecule has 0 radical (unpaired) electrons. The Morgan fingerprint density at radius 1 is 1.04 bits per heavy atom. The fourth-order valence-electron chi connectivity index (χ4n) is 2.88. The Morgan fingerprint density at radius 2 is 1.77 bits per heavy atom. The topological polar surface area (TPSA) is 38.3 Å². The zero-order valence-electron chi connectivity index (χ0n) is 15.2. The Bertz CT molecular complexity index is 939. The molecule has 0 aliphatic rings. The molecule has 0 aliphatic heterocycles. The maximum absolute atomic E-state index is 12.4. The van der Waals surface area contributed by atoms with E-state index in [1.54, 1.807) is 0 Å². The Kier molecular flexibility index (Phi) is 5.33. The molecule has 0 atom stereocenters.